The quantitative estimate of drug-likeness (QED) is 0.179. The Kier molecular flexibility index (Phi) is 8.48. The highest BCUT2D eigenvalue weighted by atomic mass is 16.5. The minimum absolute atomic E-state index is 0.0288. The first-order valence-electron chi connectivity index (χ1n) is 12.0. The number of hydrogen-bond donors (Lipinski definition) is 3. The second-order valence-electron chi connectivity index (χ2n) is 8.62. The van der Waals surface area contributed by atoms with Crippen LogP contribution >= 0.6 is 0 Å². The zero-order chi connectivity index (χ0) is 24.5. The fourth-order valence-electron chi connectivity index (χ4n) is 4.35. The van der Waals surface area contributed by atoms with Gasteiger partial charge in [-0.15, -0.1) is 0 Å². The van der Waals surface area contributed by atoms with Crippen LogP contribution in [0, 0.1) is 0 Å². The molecule has 1 heterocycles. The van der Waals surface area contributed by atoms with Gasteiger partial charge in [0.25, 0.3) is 11.8 Å². The number of hydrogen-bond acceptors (Lipinski definition) is 5. The van der Waals surface area contributed by atoms with Gasteiger partial charge in [0.15, 0.2) is 0 Å². The van der Waals surface area contributed by atoms with Gasteiger partial charge in [-0.2, -0.15) is 0 Å². The summed E-state index contributed by atoms with van der Waals surface area (Å²) in [5, 5.41) is 14.1. The highest BCUT2D eigenvalue weighted by Gasteiger charge is 2.16. The van der Waals surface area contributed by atoms with Crippen LogP contribution in [0.3, 0.4) is 0 Å². The lowest BCUT2D eigenvalue weighted by atomic mass is 10.0. The molecule has 3 aromatic carbocycles. The van der Waals surface area contributed by atoms with Crippen LogP contribution in [0.15, 0.2) is 72.3 Å². The molecule has 4 rings (SSSR count). The maximum absolute atomic E-state index is 13.2. The minimum Gasteiger partial charge on any atom is -0.488 e. The fourth-order valence-corrected chi connectivity index (χ4v) is 4.35. The van der Waals surface area contributed by atoms with E-state index in [4.69, 9.17) is 9.94 Å². The van der Waals surface area contributed by atoms with Gasteiger partial charge in [-0.3, -0.25) is 14.8 Å². The highest BCUT2D eigenvalue weighted by molar-refractivity contribution is 6.02. The molecule has 0 radical (unpaired) electrons. The van der Waals surface area contributed by atoms with Crippen LogP contribution in [0.2, 0.25) is 0 Å². The Morgan fingerprint density at radius 3 is 2.54 bits per heavy atom. The topological polar surface area (TPSA) is 90.9 Å². The molecule has 0 unspecified atom stereocenters. The molecule has 182 valence electrons. The molecule has 0 spiro atoms. The van der Waals surface area contributed by atoms with Crippen LogP contribution in [0.4, 0.5) is 0 Å². The summed E-state index contributed by atoms with van der Waals surface area (Å²) in [6.45, 7) is 3.80. The Hall–Kier alpha value is -3.68. The maximum Gasteiger partial charge on any atom is 0.275 e. The van der Waals surface area contributed by atoms with Crippen LogP contribution in [-0.4, -0.2) is 54.7 Å². The Labute approximate surface area is 205 Å². The predicted molar refractivity (Wildman–Crippen MR) is 136 cm³/mol. The maximum atomic E-state index is 13.2. The number of hydroxylamine groups is 1. The fraction of sp³-hybridized carbons (Fsp3) is 0.286. The molecule has 0 aromatic heterocycles. The molecular formula is C28H31N3O4. The zero-order valence-corrected chi connectivity index (χ0v) is 19.7. The largest absolute Gasteiger partial charge is 0.488 e. The Morgan fingerprint density at radius 2 is 1.71 bits per heavy atom. The van der Waals surface area contributed by atoms with Crippen molar-refractivity contribution in [1.29, 1.82) is 0 Å². The number of likely N-dealkylation sites (tertiary alicyclic amines) is 1. The van der Waals surface area contributed by atoms with Crippen molar-refractivity contribution in [1.82, 2.24) is 15.7 Å². The van der Waals surface area contributed by atoms with Gasteiger partial charge in [-0.1, -0.05) is 54.6 Å². The molecule has 3 N–H and O–H groups in total. The second-order valence-corrected chi connectivity index (χ2v) is 8.62. The van der Waals surface area contributed by atoms with Crippen LogP contribution in [0.25, 0.3) is 16.8 Å². The molecule has 7 heteroatoms. The van der Waals surface area contributed by atoms with Crippen LogP contribution in [0.5, 0.6) is 5.75 Å². The van der Waals surface area contributed by atoms with Crippen molar-refractivity contribution in [2.24, 2.45) is 0 Å². The van der Waals surface area contributed by atoms with E-state index in [1.807, 2.05) is 42.5 Å². The number of fused-ring (bicyclic) bond motifs is 1. The monoisotopic (exact) mass is 473 g/mol. The standard InChI is InChI=1S/C28H31N3O4/c32-27(29-15-8-18-31-16-5-6-17-31)23(19-22-10-2-4-13-25(22)28(33)30-34)20-35-26-14-7-11-21-9-1-3-12-24(21)26/h1-4,7,9-14,19,34H,5-6,8,15-18,20H2,(H,29,32)(H,30,33)/b23-19+. The van der Waals surface area contributed by atoms with Crippen molar-refractivity contribution >= 4 is 28.7 Å². The Balaban J connectivity index is 1.52. The van der Waals surface area contributed by atoms with Crippen LogP contribution in [-0.2, 0) is 4.79 Å². The third kappa shape index (κ3) is 6.47. The van der Waals surface area contributed by atoms with Crippen molar-refractivity contribution in [2.75, 3.05) is 32.8 Å². The highest BCUT2D eigenvalue weighted by Crippen LogP contribution is 2.26. The number of amides is 2. The molecule has 1 saturated heterocycles. The summed E-state index contributed by atoms with van der Waals surface area (Å²) in [4.78, 5) is 27.7. The molecule has 1 aliphatic heterocycles. The normalized spacial score (nSPS) is 14.1. The zero-order valence-electron chi connectivity index (χ0n) is 19.7. The van der Waals surface area contributed by atoms with E-state index in [1.165, 1.54) is 12.8 Å². The molecule has 3 aromatic rings. The molecule has 2 amide bonds. The lowest BCUT2D eigenvalue weighted by Gasteiger charge is -2.16. The SMILES string of the molecule is O=C(NCCCN1CCCC1)/C(=C/c1ccccc1C(=O)NO)COc1cccc2ccccc12. The van der Waals surface area contributed by atoms with Crippen LogP contribution < -0.4 is 15.5 Å². The van der Waals surface area contributed by atoms with Gasteiger partial charge in [0.2, 0.25) is 0 Å². The summed E-state index contributed by atoms with van der Waals surface area (Å²) < 4.78 is 6.10. The first-order valence-corrected chi connectivity index (χ1v) is 12.0. The smallest absolute Gasteiger partial charge is 0.275 e. The Bertz CT molecular complexity index is 1200. The van der Waals surface area contributed by atoms with E-state index < -0.39 is 5.91 Å². The number of carbonyl (C=O) groups excluding carboxylic acids is 2. The van der Waals surface area contributed by atoms with Crippen molar-refractivity contribution in [3.63, 3.8) is 0 Å². The number of nitrogens with one attached hydrogen (secondary N) is 2. The first-order chi connectivity index (χ1) is 17.2. The van der Waals surface area contributed by atoms with Gasteiger partial charge in [-0.05, 0) is 68.1 Å². The predicted octanol–water partition coefficient (Wildman–Crippen LogP) is 4.02. The van der Waals surface area contributed by atoms with Gasteiger partial charge >= 0.3 is 0 Å². The van der Waals surface area contributed by atoms with Gasteiger partial charge in [0.05, 0.1) is 5.57 Å². The lowest BCUT2D eigenvalue weighted by Crippen LogP contribution is -2.31. The van der Waals surface area contributed by atoms with Crippen molar-refractivity contribution in [3.05, 3.63) is 83.4 Å². The number of rotatable bonds is 10. The Morgan fingerprint density at radius 1 is 0.971 bits per heavy atom. The van der Waals surface area contributed by atoms with Crippen molar-refractivity contribution < 1.29 is 19.5 Å². The van der Waals surface area contributed by atoms with Crippen LogP contribution in [0.1, 0.15) is 35.2 Å². The summed E-state index contributed by atoms with van der Waals surface area (Å²) in [5.74, 6) is -0.208. The van der Waals surface area contributed by atoms with E-state index in [2.05, 4.69) is 10.2 Å². The molecule has 7 nitrogen and oxygen atoms in total. The molecule has 35 heavy (non-hydrogen) atoms. The number of nitrogens with zero attached hydrogens (tertiary/aromatic N) is 1. The number of benzene rings is 3. The molecule has 0 bridgehead atoms. The van der Waals surface area contributed by atoms with E-state index in [0.717, 1.165) is 36.8 Å². The molecule has 1 fully saturated rings. The summed E-state index contributed by atoms with van der Waals surface area (Å²) in [7, 11) is 0. The van der Waals surface area contributed by atoms with E-state index >= 15 is 0 Å². The first kappa shape index (κ1) is 24.4. The average molecular weight is 474 g/mol. The number of ether oxygens (including phenoxy) is 1. The lowest BCUT2D eigenvalue weighted by molar-refractivity contribution is -0.117. The third-order valence-electron chi connectivity index (χ3n) is 6.20. The average Bonchev–Trinajstić information content (AvgIpc) is 3.42. The summed E-state index contributed by atoms with van der Waals surface area (Å²) in [5.41, 5.74) is 2.83. The van der Waals surface area contributed by atoms with Gasteiger partial charge in [-0.25, -0.2) is 5.48 Å². The molecule has 0 aliphatic carbocycles. The molecule has 0 saturated carbocycles. The summed E-state index contributed by atoms with van der Waals surface area (Å²) in [6, 6.07) is 20.5. The molecule has 1 aliphatic rings. The van der Waals surface area contributed by atoms with Gasteiger partial charge in [0, 0.05) is 17.5 Å². The third-order valence-corrected chi connectivity index (χ3v) is 6.20. The van der Waals surface area contributed by atoms with E-state index in [0.29, 0.717) is 23.4 Å². The van der Waals surface area contributed by atoms with Gasteiger partial charge in [0.1, 0.15) is 12.4 Å². The summed E-state index contributed by atoms with van der Waals surface area (Å²) in [6.07, 6.45) is 5.00. The minimum atomic E-state index is -0.641. The summed E-state index contributed by atoms with van der Waals surface area (Å²) >= 11 is 0. The second kappa shape index (κ2) is 12.1. The number of carbonyl (C=O) groups is 2. The molecular weight excluding hydrogens is 442 g/mol. The van der Waals surface area contributed by atoms with Crippen molar-refractivity contribution in [2.45, 2.75) is 19.3 Å². The van der Waals surface area contributed by atoms with E-state index in [1.54, 1.807) is 35.8 Å². The van der Waals surface area contributed by atoms with Gasteiger partial charge < -0.3 is 15.0 Å². The van der Waals surface area contributed by atoms with E-state index in [9.17, 15) is 9.59 Å². The van der Waals surface area contributed by atoms with Crippen molar-refractivity contribution in [3.8, 4) is 5.75 Å². The van der Waals surface area contributed by atoms with E-state index in [-0.39, 0.29) is 18.1 Å². The molecule has 0 atom stereocenters.